The number of rotatable bonds is 10. The molecule has 2 aromatic heterocycles. The van der Waals surface area contributed by atoms with Crippen LogP contribution in [-0.4, -0.2) is 65.6 Å². The van der Waals surface area contributed by atoms with Gasteiger partial charge in [-0.25, -0.2) is 9.37 Å². The summed E-state index contributed by atoms with van der Waals surface area (Å²) in [5.74, 6) is -0.192. The second kappa shape index (κ2) is 14.2. The number of nitrogens with zero attached hydrogens (tertiary/aromatic N) is 5. The van der Waals surface area contributed by atoms with Gasteiger partial charge < -0.3 is 20.4 Å². The van der Waals surface area contributed by atoms with Gasteiger partial charge in [0.15, 0.2) is 0 Å². The molecule has 2 heterocycles. The summed E-state index contributed by atoms with van der Waals surface area (Å²) in [5, 5.41) is 7.03. The summed E-state index contributed by atoms with van der Waals surface area (Å²) in [4.78, 5) is 40.4. The minimum absolute atomic E-state index is 0.0244. The lowest BCUT2D eigenvalue weighted by Gasteiger charge is -2.31. The summed E-state index contributed by atoms with van der Waals surface area (Å²) < 4.78 is 16.3. The minimum atomic E-state index is -0.585. The van der Waals surface area contributed by atoms with Gasteiger partial charge in [0.25, 0.3) is 5.56 Å². The fourth-order valence-corrected chi connectivity index (χ4v) is 6.54. The van der Waals surface area contributed by atoms with Gasteiger partial charge in [0.1, 0.15) is 11.5 Å². The molecular weight excluding hydrogens is 605 g/mol. The fraction of sp³-hybridized carbons (Fsp3) is 0.429. The van der Waals surface area contributed by atoms with Crippen molar-refractivity contribution in [2.75, 3.05) is 44.4 Å². The fourth-order valence-electron chi connectivity index (χ4n) is 6.31. The predicted molar refractivity (Wildman–Crippen MR) is 185 cm³/mol. The first-order valence-corrected chi connectivity index (χ1v) is 16.2. The number of hydrogen-bond donors (Lipinski definition) is 2. The Morgan fingerprint density at radius 3 is 2.50 bits per heavy atom. The zero-order valence-electron chi connectivity index (χ0n) is 27.5. The molecule has 244 valence electrons. The number of aromatic nitrogens is 3. The van der Waals surface area contributed by atoms with Crippen molar-refractivity contribution in [1.82, 2.24) is 24.8 Å². The highest BCUT2D eigenvalue weighted by atomic mass is 35.5. The molecule has 0 unspecified atom stereocenters. The Morgan fingerprint density at radius 2 is 1.83 bits per heavy atom. The van der Waals surface area contributed by atoms with Gasteiger partial charge in [-0.2, -0.15) is 4.98 Å². The Kier molecular flexibility index (Phi) is 10.3. The number of hydrogen-bond acceptors (Lipinski definition) is 7. The Labute approximate surface area is 274 Å². The molecule has 0 saturated heterocycles. The van der Waals surface area contributed by atoms with Crippen LogP contribution in [0.5, 0.6) is 0 Å². The molecular formula is C35H43ClFN7O2. The van der Waals surface area contributed by atoms with Crippen LogP contribution in [0.25, 0.3) is 22.2 Å². The van der Waals surface area contributed by atoms with Crippen LogP contribution in [0.15, 0.2) is 47.4 Å². The lowest BCUT2D eigenvalue weighted by molar-refractivity contribution is -0.121. The molecule has 1 fully saturated rings. The molecule has 46 heavy (non-hydrogen) atoms. The molecule has 0 radical (unpaired) electrons. The molecule has 4 aromatic rings. The topological polar surface area (TPSA) is 95.4 Å². The maximum atomic E-state index is 14.6. The van der Waals surface area contributed by atoms with E-state index in [1.165, 1.54) is 6.07 Å². The van der Waals surface area contributed by atoms with Crippen molar-refractivity contribution in [3.8, 4) is 11.1 Å². The Bertz CT molecular complexity index is 1800. The van der Waals surface area contributed by atoms with Crippen molar-refractivity contribution in [1.29, 1.82) is 0 Å². The molecule has 1 saturated carbocycles. The third-order valence-electron chi connectivity index (χ3n) is 8.92. The van der Waals surface area contributed by atoms with Crippen LogP contribution >= 0.6 is 11.6 Å². The van der Waals surface area contributed by atoms with E-state index in [0.29, 0.717) is 52.9 Å². The van der Waals surface area contributed by atoms with Gasteiger partial charge in [-0.1, -0.05) is 30.7 Å². The van der Waals surface area contributed by atoms with Gasteiger partial charge in [0, 0.05) is 67.2 Å². The van der Waals surface area contributed by atoms with E-state index < -0.39 is 5.82 Å². The number of carbonyl (C=O) groups excluding carboxylic acids is 1. The van der Waals surface area contributed by atoms with E-state index in [2.05, 4.69) is 65.6 Å². The molecule has 1 amide bonds. The third kappa shape index (κ3) is 7.03. The van der Waals surface area contributed by atoms with Crippen molar-refractivity contribution in [3.63, 3.8) is 0 Å². The lowest BCUT2D eigenvalue weighted by Crippen LogP contribution is -2.39. The number of carbonyl (C=O) groups is 1. The third-order valence-corrected chi connectivity index (χ3v) is 9.31. The van der Waals surface area contributed by atoms with Crippen molar-refractivity contribution >= 4 is 45.9 Å². The molecule has 0 bridgehead atoms. The number of pyridine rings is 1. The molecule has 5 rings (SSSR count). The van der Waals surface area contributed by atoms with Crippen molar-refractivity contribution in [2.24, 2.45) is 0 Å². The average Bonchev–Trinajstić information content (AvgIpc) is 3.02. The average molecular weight is 648 g/mol. The summed E-state index contributed by atoms with van der Waals surface area (Å²) in [5.41, 5.74) is 4.65. The number of amides is 1. The normalized spacial score (nSPS) is 16.5. The molecule has 11 heteroatoms. The molecule has 1 aliphatic rings. The Balaban J connectivity index is 1.55. The molecule has 0 spiro atoms. The standard InChI is InChI=1S/C35H43ClFN7O2/c1-7-30(45)39-23-11-14-25(15-12-23)44-33-27(22(3)31(34(44)46)26-9-8-10-28(37)32(26)36)20-38-35(41-33)40-24-13-16-29(21(2)19-24)43(6)18-17-42(4)5/h8-10,13,16,19-20,23,25H,7,11-12,14-15,17-18H2,1-6H3,(H,39,45)(H,38,40,41)/t23-,25+. The molecule has 2 N–H and O–H groups in total. The Hall–Kier alpha value is -4.02. The zero-order valence-corrected chi connectivity index (χ0v) is 28.2. The quantitative estimate of drug-likeness (QED) is 0.200. The van der Waals surface area contributed by atoms with Crippen LogP contribution in [0.3, 0.4) is 0 Å². The summed E-state index contributed by atoms with van der Waals surface area (Å²) in [6.07, 6.45) is 4.98. The number of benzene rings is 2. The zero-order chi connectivity index (χ0) is 33.1. The van der Waals surface area contributed by atoms with Gasteiger partial charge >= 0.3 is 0 Å². The first-order chi connectivity index (χ1) is 22.0. The summed E-state index contributed by atoms with van der Waals surface area (Å²) in [6.45, 7) is 7.59. The van der Waals surface area contributed by atoms with Gasteiger partial charge in [-0.3, -0.25) is 14.2 Å². The smallest absolute Gasteiger partial charge is 0.260 e. The van der Waals surface area contributed by atoms with E-state index in [1.54, 1.807) is 22.9 Å². The molecule has 1 aliphatic carbocycles. The molecule has 9 nitrogen and oxygen atoms in total. The second-order valence-electron chi connectivity index (χ2n) is 12.5. The van der Waals surface area contributed by atoms with Crippen LogP contribution in [0.4, 0.5) is 21.7 Å². The number of halogens is 2. The van der Waals surface area contributed by atoms with Crippen molar-refractivity contribution in [2.45, 2.75) is 65.0 Å². The largest absolute Gasteiger partial charge is 0.373 e. The maximum absolute atomic E-state index is 14.6. The van der Waals surface area contributed by atoms with Crippen LogP contribution in [0.1, 0.15) is 56.2 Å². The number of nitrogens with one attached hydrogen (secondary N) is 2. The van der Waals surface area contributed by atoms with E-state index in [0.717, 1.165) is 42.9 Å². The van der Waals surface area contributed by atoms with Crippen molar-refractivity contribution in [3.05, 3.63) is 74.9 Å². The summed E-state index contributed by atoms with van der Waals surface area (Å²) >= 11 is 6.42. The van der Waals surface area contributed by atoms with Gasteiger partial charge in [-0.15, -0.1) is 0 Å². The Morgan fingerprint density at radius 1 is 1.09 bits per heavy atom. The maximum Gasteiger partial charge on any atom is 0.260 e. The summed E-state index contributed by atoms with van der Waals surface area (Å²) in [7, 11) is 6.21. The monoisotopic (exact) mass is 647 g/mol. The number of anilines is 3. The first kappa shape index (κ1) is 33.3. The number of fused-ring (bicyclic) bond motifs is 1. The van der Waals surface area contributed by atoms with Gasteiger partial charge in [-0.05, 0) is 89.0 Å². The van der Waals surface area contributed by atoms with E-state index in [1.807, 2.05) is 19.9 Å². The predicted octanol–water partition coefficient (Wildman–Crippen LogP) is 6.62. The van der Waals surface area contributed by atoms with E-state index in [-0.39, 0.29) is 28.6 Å². The van der Waals surface area contributed by atoms with Crippen molar-refractivity contribution < 1.29 is 9.18 Å². The number of aryl methyl sites for hydroxylation is 2. The molecule has 0 atom stereocenters. The molecule has 0 aliphatic heterocycles. The highest BCUT2D eigenvalue weighted by molar-refractivity contribution is 6.33. The van der Waals surface area contributed by atoms with Crippen LogP contribution in [0, 0.1) is 19.7 Å². The van der Waals surface area contributed by atoms with E-state index in [4.69, 9.17) is 16.6 Å². The van der Waals surface area contributed by atoms with Crippen LogP contribution in [0.2, 0.25) is 5.02 Å². The van der Waals surface area contributed by atoms with Crippen LogP contribution in [-0.2, 0) is 4.79 Å². The van der Waals surface area contributed by atoms with Gasteiger partial charge in [0.2, 0.25) is 11.9 Å². The second-order valence-corrected chi connectivity index (χ2v) is 12.9. The summed E-state index contributed by atoms with van der Waals surface area (Å²) in [6, 6.07) is 10.6. The minimum Gasteiger partial charge on any atom is -0.373 e. The highest BCUT2D eigenvalue weighted by Crippen LogP contribution is 2.36. The van der Waals surface area contributed by atoms with Gasteiger partial charge in [0.05, 0.1) is 10.6 Å². The lowest BCUT2D eigenvalue weighted by atomic mass is 9.90. The highest BCUT2D eigenvalue weighted by Gasteiger charge is 2.28. The molecule has 2 aromatic carbocycles. The van der Waals surface area contributed by atoms with Crippen LogP contribution < -0.4 is 21.1 Å². The van der Waals surface area contributed by atoms with E-state index in [9.17, 15) is 14.0 Å². The SMILES string of the molecule is CCC(=O)N[C@H]1CC[C@@H](n2c(=O)c(-c3cccc(F)c3Cl)c(C)c3cnc(Nc4ccc(N(C)CCN(C)C)c(C)c4)nc32)CC1. The first-order valence-electron chi connectivity index (χ1n) is 15.9. The number of likely N-dealkylation sites (N-methyl/N-ethyl adjacent to an activating group) is 2. The van der Waals surface area contributed by atoms with E-state index >= 15 is 0 Å².